The molecule has 1 aromatic rings. The molecule has 0 saturated carbocycles. The van der Waals surface area contributed by atoms with Crippen LogP contribution in [0.15, 0.2) is 0 Å². The van der Waals surface area contributed by atoms with Gasteiger partial charge in [-0.2, -0.15) is 0 Å². The maximum Gasteiger partial charge on any atom is 0.311 e. The summed E-state index contributed by atoms with van der Waals surface area (Å²) in [6, 6.07) is 0. The molecule has 0 aliphatic rings. The van der Waals surface area contributed by atoms with E-state index in [-0.39, 0.29) is 12.3 Å². The molecule has 76 valence electrons. The predicted molar refractivity (Wildman–Crippen MR) is 50.0 cm³/mol. The van der Waals surface area contributed by atoms with Crippen LogP contribution >= 0.6 is 0 Å². The maximum atomic E-state index is 10.5. The monoisotopic (exact) mass is 195 g/mol. The van der Waals surface area contributed by atoms with Crippen LogP contribution in [0.3, 0.4) is 0 Å². The smallest absolute Gasteiger partial charge is 0.311 e. The van der Waals surface area contributed by atoms with Crippen molar-refractivity contribution in [2.75, 3.05) is 0 Å². The molecule has 14 heavy (non-hydrogen) atoms. The molecular weight excluding hydrogens is 182 g/mol. The van der Waals surface area contributed by atoms with Gasteiger partial charge < -0.3 is 5.11 Å². The SMILES string of the molecule is Cc1nc(CC(=O)O)nc(C(C)C)n1. The summed E-state index contributed by atoms with van der Waals surface area (Å²) < 4.78 is 0. The predicted octanol–water partition coefficient (Wildman–Crippen LogP) is 0.931. The number of aliphatic carboxylic acids is 1. The zero-order chi connectivity index (χ0) is 10.7. The van der Waals surface area contributed by atoms with Gasteiger partial charge in [0, 0.05) is 5.92 Å². The van der Waals surface area contributed by atoms with Crippen molar-refractivity contribution in [3.05, 3.63) is 17.5 Å². The van der Waals surface area contributed by atoms with Gasteiger partial charge in [-0.15, -0.1) is 0 Å². The molecule has 1 heterocycles. The lowest BCUT2D eigenvalue weighted by Crippen LogP contribution is -2.10. The van der Waals surface area contributed by atoms with Crippen LogP contribution in [0.2, 0.25) is 0 Å². The Balaban J connectivity index is 3.01. The lowest BCUT2D eigenvalue weighted by atomic mass is 10.2. The zero-order valence-electron chi connectivity index (χ0n) is 8.48. The van der Waals surface area contributed by atoms with Gasteiger partial charge >= 0.3 is 5.97 Å². The van der Waals surface area contributed by atoms with Gasteiger partial charge in [-0.3, -0.25) is 4.79 Å². The van der Waals surface area contributed by atoms with Gasteiger partial charge in [0.25, 0.3) is 0 Å². The first kappa shape index (κ1) is 10.6. The Morgan fingerprint density at radius 1 is 1.36 bits per heavy atom. The van der Waals surface area contributed by atoms with Crippen LogP contribution in [0, 0.1) is 6.92 Å². The number of hydrogen-bond acceptors (Lipinski definition) is 4. The van der Waals surface area contributed by atoms with Crippen molar-refractivity contribution >= 4 is 5.97 Å². The molecule has 0 aromatic carbocycles. The van der Waals surface area contributed by atoms with E-state index in [1.165, 1.54) is 0 Å². The maximum absolute atomic E-state index is 10.5. The topological polar surface area (TPSA) is 76.0 Å². The number of aryl methyl sites for hydroxylation is 1. The van der Waals surface area contributed by atoms with E-state index in [9.17, 15) is 4.79 Å². The van der Waals surface area contributed by atoms with Crippen LogP contribution in [-0.2, 0) is 11.2 Å². The number of aromatic nitrogens is 3. The molecule has 0 bridgehead atoms. The first-order valence-corrected chi connectivity index (χ1v) is 4.42. The zero-order valence-corrected chi connectivity index (χ0v) is 8.48. The highest BCUT2D eigenvalue weighted by atomic mass is 16.4. The second-order valence-electron chi connectivity index (χ2n) is 3.38. The molecule has 0 unspecified atom stereocenters. The van der Waals surface area contributed by atoms with Gasteiger partial charge in [0.05, 0.1) is 0 Å². The van der Waals surface area contributed by atoms with Crippen LogP contribution in [0.5, 0.6) is 0 Å². The van der Waals surface area contributed by atoms with Gasteiger partial charge in [0.15, 0.2) is 0 Å². The minimum Gasteiger partial charge on any atom is -0.481 e. The Hall–Kier alpha value is -1.52. The number of nitrogens with zero attached hydrogens (tertiary/aromatic N) is 3. The van der Waals surface area contributed by atoms with Crippen LogP contribution in [0.25, 0.3) is 0 Å². The van der Waals surface area contributed by atoms with Crippen molar-refractivity contribution in [2.24, 2.45) is 0 Å². The summed E-state index contributed by atoms with van der Waals surface area (Å²) in [5.74, 6) is 0.803. The number of hydrogen-bond donors (Lipinski definition) is 1. The molecule has 0 aliphatic carbocycles. The van der Waals surface area contributed by atoms with Crippen molar-refractivity contribution in [3.63, 3.8) is 0 Å². The molecule has 0 spiro atoms. The lowest BCUT2D eigenvalue weighted by molar-refractivity contribution is -0.136. The van der Waals surface area contributed by atoms with Gasteiger partial charge in [-0.1, -0.05) is 13.8 Å². The lowest BCUT2D eigenvalue weighted by Gasteiger charge is -2.05. The van der Waals surface area contributed by atoms with E-state index in [0.717, 1.165) is 0 Å². The van der Waals surface area contributed by atoms with Crippen LogP contribution < -0.4 is 0 Å². The van der Waals surface area contributed by atoms with E-state index in [2.05, 4.69) is 15.0 Å². The van der Waals surface area contributed by atoms with Crippen LogP contribution in [0.1, 0.15) is 37.2 Å². The number of rotatable bonds is 3. The third kappa shape index (κ3) is 2.76. The standard InChI is InChI=1S/C9H13N3O2/c1-5(2)9-11-6(3)10-7(12-9)4-8(13)14/h5H,4H2,1-3H3,(H,13,14). The van der Waals surface area contributed by atoms with Gasteiger partial charge in [-0.05, 0) is 6.92 Å². The van der Waals surface area contributed by atoms with Gasteiger partial charge in [0.1, 0.15) is 23.9 Å². The minimum atomic E-state index is -0.926. The fourth-order valence-electron chi connectivity index (χ4n) is 1.03. The van der Waals surface area contributed by atoms with E-state index in [1.807, 2.05) is 13.8 Å². The largest absolute Gasteiger partial charge is 0.481 e. The molecule has 5 nitrogen and oxygen atoms in total. The normalized spacial score (nSPS) is 10.6. The first-order valence-electron chi connectivity index (χ1n) is 4.42. The second-order valence-corrected chi connectivity index (χ2v) is 3.38. The number of carbonyl (C=O) groups is 1. The third-order valence-corrected chi connectivity index (χ3v) is 1.64. The average molecular weight is 195 g/mol. The fourth-order valence-corrected chi connectivity index (χ4v) is 1.03. The summed E-state index contributed by atoms with van der Waals surface area (Å²) in [6.45, 7) is 5.65. The highest BCUT2D eigenvalue weighted by molar-refractivity contribution is 5.68. The number of carboxylic acids is 1. The molecule has 5 heteroatoms. The Morgan fingerprint density at radius 2 is 2.00 bits per heavy atom. The number of carboxylic acid groups (broad SMARTS) is 1. The van der Waals surface area contributed by atoms with E-state index in [0.29, 0.717) is 17.5 Å². The van der Waals surface area contributed by atoms with Crippen molar-refractivity contribution < 1.29 is 9.90 Å². The first-order chi connectivity index (χ1) is 6.49. The summed E-state index contributed by atoms with van der Waals surface area (Å²) in [5.41, 5.74) is 0. The van der Waals surface area contributed by atoms with Crippen LogP contribution in [-0.4, -0.2) is 26.0 Å². The van der Waals surface area contributed by atoms with Crippen molar-refractivity contribution in [1.29, 1.82) is 0 Å². The van der Waals surface area contributed by atoms with Crippen LogP contribution in [0.4, 0.5) is 0 Å². The summed E-state index contributed by atoms with van der Waals surface area (Å²) in [6.07, 6.45) is -0.150. The summed E-state index contributed by atoms with van der Waals surface area (Å²) in [7, 11) is 0. The van der Waals surface area contributed by atoms with E-state index >= 15 is 0 Å². The molecule has 0 saturated heterocycles. The van der Waals surface area contributed by atoms with Crippen molar-refractivity contribution in [1.82, 2.24) is 15.0 Å². The highest BCUT2D eigenvalue weighted by Gasteiger charge is 2.09. The second kappa shape index (κ2) is 4.13. The molecule has 0 amide bonds. The third-order valence-electron chi connectivity index (χ3n) is 1.64. The van der Waals surface area contributed by atoms with Gasteiger partial charge in [0.2, 0.25) is 0 Å². The summed E-state index contributed by atoms with van der Waals surface area (Å²) in [4.78, 5) is 22.6. The quantitative estimate of drug-likeness (QED) is 0.776. The molecule has 0 aliphatic heterocycles. The fraction of sp³-hybridized carbons (Fsp3) is 0.556. The van der Waals surface area contributed by atoms with E-state index in [4.69, 9.17) is 5.11 Å². The molecule has 1 N–H and O–H groups in total. The summed E-state index contributed by atoms with van der Waals surface area (Å²) >= 11 is 0. The van der Waals surface area contributed by atoms with E-state index < -0.39 is 5.97 Å². The molecule has 0 radical (unpaired) electrons. The molecule has 0 atom stereocenters. The van der Waals surface area contributed by atoms with Crippen molar-refractivity contribution in [2.45, 2.75) is 33.1 Å². The Labute approximate surface area is 82.2 Å². The summed E-state index contributed by atoms with van der Waals surface area (Å²) in [5, 5.41) is 8.59. The molecular formula is C9H13N3O2. The minimum absolute atomic E-state index is 0.150. The molecule has 1 aromatic heterocycles. The Bertz CT molecular complexity index is 350. The van der Waals surface area contributed by atoms with Crippen molar-refractivity contribution in [3.8, 4) is 0 Å². The molecule has 0 fully saturated rings. The van der Waals surface area contributed by atoms with E-state index in [1.54, 1.807) is 6.92 Å². The highest BCUT2D eigenvalue weighted by Crippen LogP contribution is 2.08. The average Bonchev–Trinajstić information content (AvgIpc) is 2.01. The Morgan fingerprint density at radius 3 is 2.50 bits per heavy atom. The van der Waals surface area contributed by atoms with Gasteiger partial charge in [-0.25, -0.2) is 15.0 Å². The molecule has 1 rings (SSSR count). The Kier molecular flexibility index (Phi) is 3.11.